The minimum absolute atomic E-state index is 0.0525. The van der Waals surface area contributed by atoms with E-state index in [1.165, 1.54) is 32.6 Å². The van der Waals surface area contributed by atoms with Crippen molar-refractivity contribution in [3.63, 3.8) is 0 Å². The van der Waals surface area contributed by atoms with E-state index in [2.05, 4.69) is 10.3 Å². The number of fused-ring (bicyclic) bond motifs is 1. The summed E-state index contributed by atoms with van der Waals surface area (Å²) in [6.45, 7) is 3.80. The van der Waals surface area contributed by atoms with Crippen LogP contribution >= 0.6 is 23.1 Å². The van der Waals surface area contributed by atoms with Gasteiger partial charge < -0.3 is 10.2 Å². The van der Waals surface area contributed by atoms with Crippen molar-refractivity contribution in [2.75, 3.05) is 24.7 Å². The first kappa shape index (κ1) is 21.1. The Morgan fingerprint density at radius 3 is 2.62 bits per heavy atom. The second-order valence-corrected chi connectivity index (χ2v) is 8.61. The predicted molar refractivity (Wildman–Crippen MR) is 118 cm³/mol. The molecule has 3 rings (SSSR count). The largest absolute Gasteiger partial charge is 0.336 e. The van der Waals surface area contributed by atoms with E-state index in [1.54, 1.807) is 20.2 Å². The Morgan fingerprint density at radius 2 is 1.93 bits per heavy atom. The first-order valence-electron chi connectivity index (χ1n) is 8.95. The molecule has 2 heterocycles. The molecular formula is C20H22N4O3S2. The van der Waals surface area contributed by atoms with Gasteiger partial charge in [0.1, 0.15) is 4.70 Å². The van der Waals surface area contributed by atoms with Crippen LogP contribution < -0.4 is 10.9 Å². The molecule has 0 radical (unpaired) electrons. The summed E-state index contributed by atoms with van der Waals surface area (Å²) in [5.74, 6) is -0.386. The van der Waals surface area contributed by atoms with E-state index in [0.717, 1.165) is 16.8 Å². The molecule has 0 aliphatic rings. The number of nitrogens with one attached hydrogen (secondary N) is 1. The van der Waals surface area contributed by atoms with Crippen molar-refractivity contribution in [2.45, 2.75) is 19.0 Å². The fourth-order valence-corrected chi connectivity index (χ4v) is 4.55. The highest BCUT2D eigenvalue weighted by Crippen LogP contribution is 2.21. The quantitative estimate of drug-likeness (QED) is 0.480. The normalized spacial score (nSPS) is 10.9. The minimum atomic E-state index is -0.256. The lowest BCUT2D eigenvalue weighted by Gasteiger charge is -2.18. The van der Waals surface area contributed by atoms with Crippen molar-refractivity contribution >= 4 is 50.8 Å². The number of amides is 2. The fraction of sp³-hybridized carbons (Fsp3) is 0.300. The van der Waals surface area contributed by atoms with Crippen LogP contribution in [0.25, 0.3) is 10.2 Å². The Hall–Kier alpha value is -2.65. The van der Waals surface area contributed by atoms with Crippen molar-refractivity contribution in [1.82, 2.24) is 14.5 Å². The van der Waals surface area contributed by atoms with Crippen LogP contribution in [0.2, 0.25) is 0 Å². The third-order valence-corrected chi connectivity index (χ3v) is 6.43. The van der Waals surface area contributed by atoms with Crippen LogP contribution in [-0.2, 0) is 16.6 Å². The Balaban J connectivity index is 1.60. The van der Waals surface area contributed by atoms with Crippen molar-refractivity contribution in [1.29, 1.82) is 0 Å². The first-order chi connectivity index (χ1) is 13.8. The third kappa shape index (κ3) is 4.68. The monoisotopic (exact) mass is 430 g/mol. The van der Waals surface area contributed by atoms with Gasteiger partial charge in [0.15, 0.2) is 5.16 Å². The molecule has 1 N–H and O–H groups in total. The molecule has 152 valence electrons. The summed E-state index contributed by atoms with van der Waals surface area (Å²) in [4.78, 5) is 43.0. The lowest BCUT2D eigenvalue weighted by atomic mass is 10.1. The SMILES string of the molecule is Cc1cccc(C)c1NC(=O)CN(C)C(=O)CSc1nc2ccsc2c(=O)n1C. The molecular weight excluding hydrogens is 408 g/mol. The van der Waals surface area contributed by atoms with Crippen LogP contribution in [-0.4, -0.2) is 45.6 Å². The van der Waals surface area contributed by atoms with Gasteiger partial charge in [-0.2, -0.15) is 0 Å². The van der Waals surface area contributed by atoms with Gasteiger partial charge >= 0.3 is 0 Å². The fourth-order valence-electron chi connectivity index (χ4n) is 2.83. The van der Waals surface area contributed by atoms with Gasteiger partial charge in [-0.25, -0.2) is 4.98 Å². The number of thioether (sulfide) groups is 1. The van der Waals surface area contributed by atoms with Gasteiger partial charge in [-0.1, -0.05) is 30.0 Å². The number of carbonyl (C=O) groups excluding carboxylic acids is 2. The lowest BCUT2D eigenvalue weighted by Crippen LogP contribution is -2.36. The maximum atomic E-state index is 12.5. The van der Waals surface area contributed by atoms with Gasteiger partial charge in [-0.05, 0) is 36.4 Å². The number of aryl methyl sites for hydroxylation is 2. The highest BCUT2D eigenvalue weighted by Gasteiger charge is 2.17. The lowest BCUT2D eigenvalue weighted by molar-refractivity contribution is -0.131. The molecule has 2 amide bonds. The van der Waals surface area contributed by atoms with E-state index >= 15 is 0 Å². The average molecular weight is 431 g/mol. The zero-order chi connectivity index (χ0) is 21.1. The third-order valence-electron chi connectivity index (χ3n) is 4.52. The molecule has 3 aromatic rings. The molecule has 9 heteroatoms. The molecule has 1 aromatic carbocycles. The molecule has 0 fully saturated rings. The maximum absolute atomic E-state index is 12.5. The summed E-state index contributed by atoms with van der Waals surface area (Å²) in [7, 11) is 3.23. The number of anilines is 1. The van der Waals surface area contributed by atoms with Crippen LogP contribution in [0.3, 0.4) is 0 Å². The van der Waals surface area contributed by atoms with E-state index in [0.29, 0.717) is 15.4 Å². The van der Waals surface area contributed by atoms with Crippen molar-refractivity contribution in [2.24, 2.45) is 7.05 Å². The summed E-state index contributed by atoms with van der Waals surface area (Å²) < 4.78 is 2.05. The van der Waals surface area contributed by atoms with Crippen LogP contribution in [0.4, 0.5) is 5.69 Å². The molecule has 0 spiro atoms. The molecule has 0 aliphatic heterocycles. The average Bonchev–Trinajstić information content (AvgIpc) is 3.15. The second-order valence-electron chi connectivity index (χ2n) is 6.75. The molecule has 29 heavy (non-hydrogen) atoms. The Bertz CT molecular complexity index is 1120. The van der Waals surface area contributed by atoms with E-state index < -0.39 is 0 Å². The number of thiophene rings is 1. The van der Waals surface area contributed by atoms with E-state index in [-0.39, 0.29) is 29.7 Å². The van der Waals surface area contributed by atoms with Crippen LogP contribution in [0.15, 0.2) is 39.6 Å². The molecule has 0 unspecified atom stereocenters. The number of benzene rings is 1. The zero-order valence-electron chi connectivity index (χ0n) is 16.7. The highest BCUT2D eigenvalue weighted by atomic mass is 32.2. The topological polar surface area (TPSA) is 84.3 Å². The van der Waals surface area contributed by atoms with Crippen molar-refractivity contribution < 1.29 is 9.59 Å². The number of rotatable bonds is 6. The molecule has 2 aromatic heterocycles. The summed E-state index contributed by atoms with van der Waals surface area (Å²) >= 11 is 2.54. The van der Waals surface area contributed by atoms with Crippen molar-refractivity contribution in [3.8, 4) is 0 Å². The Morgan fingerprint density at radius 1 is 1.24 bits per heavy atom. The van der Waals surface area contributed by atoms with Crippen LogP contribution in [0.5, 0.6) is 0 Å². The van der Waals surface area contributed by atoms with Gasteiger partial charge in [0.2, 0.25) is 11.8 Å². The molecule has 7 nitrogen and oxygen atoms in total. The summed E-state index contributed by atoms with van der Waals surface area (Å²) in [5, 5.41) is 5.17. The van der Waals surface area contributed by atoms with Crippen molar-refractivity contribution in [3.05, 3.63) is 51.1 Å². The van der Waals surface area contributed by atoms with Gasteiger partial charge in [0.25, 0.3) is 5.56 Å². The van der Waals surface area contributed by atoms with E-state index in [1.807, 2.05) is 37.4 Å². The predicted octanol–water partition coefficient (Wildman–Crippen LogP) is 2.80. The Kier molecular flexibility index (Phi) is 6.39. The summed E-state index contributed by atoms with van der Waals surface area (Å²) in [6, 6.07) is 7.57. The zero-order valence-corrected chi connectivity index (χ0v) is 18.3. The summed E-state index contributed by atoms with van der Waals surface area (Å²) in [6.07, 6.45) is 0. The highest BCUT2D eigenvalue weighted by molar-refractivity contribution is 7.99. The second kappa shape index (κ2) is 8.79. The van der Waals surface area contributed by atoms with Gasteiger partial charge in [-0.15, -0.1) is 11.3 Å². The summed E-state index contributed by atoms with van der Waals surface area (Å²) in [5.41, 5.74) is 3.23. The van der Waals surface area contributed by atoms with Gasteiger partial charge in [0.05, 0.1) is 17.8 Å². The number of hydrogen-bond acceptors (Lipinski definition) is 6. The minimum Gasteiger partial charge on any atom is -0.336 e. The number of nitrogens with zero attached hydrogens (tertiary/aromatic N) is 3. The number of carbonyl (C=O) groups is 2. The number of para-hydroxylation sites is 1. The number of likely N-dealkylation sites (N-methyl/N-ethyl adjacent to an activating group) is 1. The molecule has 0 aliphatic carbocycles. The number of aromatic nitrogens is 2. The van der Waals surface area contributed by atoms with Gasteiger partial charge in [-0.3, -0.25) is 19.0 Å². The first-order valence-corrected chi connectivity index (χ1v) is 10.8. The van der Waals surface area contributed by atoms with Crippen LogP contribution in [0, 0.1) is 13.8 Å². The number of hydrogen-bond donors (Lipinski definition) is 1. The van der Waals surface area contributed by atoms with E-state index in [4.69, 9.17) is 0 Å². The molecule has 0 saturated heterocycles. The Labute approximate surface area is 176 Å². The molecule has 0 saturated carbocycles. The maximum Gasteiger partial charge on any atom is 0.271 e. The van der Waals surface area contributed by atoms with Gasteiger partial charge in [0, 0.05) is 19.8 Å². The van der Waals surface area contributed by atoms with E-state index in [9.17, 15) is 14.4 Å². The van der Waals surface area contributed by atoms with Crippen LogP contribution in [0.1, 0.15) is 11.1 Å². The standard InChI is InChI=1S/C20H22N4O3S2/c1-12-6-5-7-13(2)17(12)22-15(25)10-23(3)16(26)11-29-20-21-14-8-9-28-18(14)19(27)24(20)4/h5-9H,10-11H2,1-4H3,(H,22,25). The molecule has 0 bridgehead atoms. The molecule has 0 atom stereocenters. The smallest absolute Gasteiger partial charge is 0.271 e.